The van der Waals surface area contributed by atoms with E-state index in [9.17, 15) is 0 Å². The Morgan fingerprint density at radius 2 is 1.85 bits per heavy atom. The Hall–Kier alpha value is -2.60. The molecule has 3 aromatic rings. The lowest BCUT2D eigenvalue weighted by atomic mass is 9.97. The van der Waals surface area contributed by atoms with Crippen LogP contribution in [0.1, 0.15) is 18.4 Å². The smallest absolute Gasteiger partial charge is 0.203 e. The number of anilines is 2. The Balaban J connectivity index is 1.30. The van der Waals surface area contributed by atoms with Crippen molar-refractivity contribution in [3.63, 3.8) is 0 Å². The minimum atomic E-state index is 0.708. The first-order chi connectivity index (χ1) is 13.2. The Kier molecular flexibility index (Phi) is 5.25. The van der Waals surface area contributed by atoms with E-state index in [1.54, 1.807) is 0 Å². The van der Waals surface area contributed by atoms with E-state index in [1.807, 2.05) is 31.4 Å². The number of nitrogens with zero attached hydrogens (tertiary/aromatic N) is 4. The summed E-state index contributed by atoms with van der Waals surface area (Å²) < 4.78 is 2.08. The summed E-state index contributed by atoms with van der Waals surface area (Å²) in [4.78, 5) is 11.6. The molecule has 0 saturated carbocycles. The van der Waals surface area contributed by atoms with E-state index < -0.39 is 0 Å². The highest BCUT2D eigenvalue weighted by molar-refractivity contribution is 5.78. The second-order valence-electron chi connectivity index (χ2n) is 7.52. The summed E-state index contributed by atoms with van der Waals surface area (Å²) in [5, 5.41) is 6.90. The lowest BCUT2D eigenvalue weighted by Crippen LogP contribution is -2.33. The standard InChI is InChI=1S/C21H28N6/c1-26-11-9-16(10-12-26)13-22-20-8-7-17(14-23-20)15-24-21-25-18-5-3-4-6-19(18)27(21)2/h3-8,14,16H,9-13,15H2,1-2H3,(H,22,23)(H,24,25). The summed E-state index contributed by atoms with van der Waals surface area (Å²) in [6.07, 6.45) is 4.47. The maximum atomic E-state index is 4.65. The number of aryl methyl sites for hydroxylation is 1. The van der Waals surface area contributed by atoms with Crippen molar-refractivity contribution in [2.75, 3.05) is 37.3 Å². The van der Waals surface area contributed by atoms with E-state index in [1.165, 1.54) is 25.9 Å². The molecule has 0 atom stereocenters. The number of hydrogen-bond donors (Lipinski definition) is 2. The van der Waals surface area contributed by atoms with Crippen LogP contribution in [-0.2, 0) is 13.6 Å². The number of rotatable bonds is 6. The van der Waals surface area contributed by atoms with Gasteiger partial charge in [0.05, 0.1) is 11.0 Å². The van der Waals surface area contributed by atoms with Gasteiger partial charge >= 0.3 is 0 Å². The van der Waals surface area contributed by atoms with Gasteiger partial charge in [0.15, 0.2) is 0 Å². The molecule has 1 fully saturated rings. The van der Waals surface area contributed by atoms with Crippen molar-refractivity contribution in [1.29, 1.82) is 0 Å². The molecule has 27 heavy (non-hydrogen) atoms. The number of para-hydroxylation sites is 2. The highest BCUT2D eigenvalue weighted by Crippen LogP contribution is 2.19. The quantitative estimate of drug-likeness (QED) is 0.703. The van der Waals surface area contributed by atoms with Crippen LogP contribution in [-0.4, -0.2) is 46.1 Å². The molecule has 0 amide bonds. The van der Waals surface area contributed by atoms with Crippen molar-refractivity contribution in [3.05, 3.63) is 48.2 Å². The van der Waals surface area contributed by atoms with Gasteiger partial charge in [-0.3, -0.25) is 0 Å². The zero-order valence-electron chi connectivity index (χ0n) is 16.2. The lowest BCUT2D eigenvalue weighted by molar-refractivity contribution is 0.226. The average molecular weight is 364 g/mol. The monoisotopic (exact) mass is 364 g/mol. The second kappa shape index (κ2) is 7.96. The first kappa shape index (κ1) is 17.8. The summed E-state index contributed by atoms with van der Waals surface area (Å²) in [6.45, 7) is 4.12. The second-order valence-corrected chi connectivity index (χ2v) is 7.52. The van der Waals surface area contributed by atoms with Crippen LogP contribution in [0.5, 0.6) is 0 Å². The Bertz CT molecular complexity index is 877. The predicted octanol–water partition coefficient (Wildman–Crippen LogP) is 3.33. The summed E-state index contributed by atoms with van der Waals surface area (Å²) in [5.41, 5.74) is 3.28. The van der Waals surface area contributed by atoms with Gasteiger partial charge in [-0.15, -0.1) is 0 Å². The van der Waals surface area contributed by atoms with Crippen LogP contribution in [0, 0.1) is 5.92 Å². The molecule has 4 rings (SSSR count). The normalized spacial score (nSPS) is 15.9. The number of aromatic nitrogens is 3. The molecule has 0 radical (unpaired) electrons. The summed E-state index contributed by atoms with van der Waals surface area (Å²) >= 11 is 0. The van der Waals surface area contributed by atoms with E-state index in [0.717, 1.165) is 40.8 Å². The molecule has 2 N–H and O–H groups in total. The van der Waals surface area contributed by atoms with Crippen LogP contribution in [0.3, 0.4) is 0 Å². The molecule has 1 aliphatic heterocycles. The Morgan fingerprint density at radius 1 is 1.04 bits per heavy atom. The topological polar surface area (TPSA) is 58.0 Å². The highest BCUT2D eigenvalue weighted by Gasteiger charge is 2.16. The number of imidazole rings is 1. The van der Waals surface area contributed by atoms with Crippen LogP contribution in [0.4, 0.5) is 11.8 Å². The molecular formula is C21H28N6. The summed E-state index contributed by atoms with van der Waals surface area (Å²) in [7, 11) is 4.23. The zero-order chi connectivity index (χ0) is 18.6. The molecule has 1 aliphatic rings. The maximum absolute atomic E-state index is 4.65. The average Bonchev–Trinajstić information content (AvgIpc) is 3.03. The van der Waals surface area contributed by atoms with Gasteiger partial charge in [0.25, 0.3) is 0 Å². The van der Waals surface area contributed by atoms with Crippen LogP contribution in [0.2, 0.25) is 0 Å². The predicted molar refractivity (Wildman–Crippen MR) is 111 cm³/mol. The fourth-order valence-electron chi connectivity index (χ4n) is 3.63. The lowest BCUT2D eigenvalue weighted by Gasteiger charge is -2.29. The molecule has 6 nitrogen and oxygen atoms in total. The third-order valence-electron chi connectivity index (χ3n) is 5.47. The van der Waals surface area contributed by atoms with Crippen molar-refractivity contribution < 1.29 is 0 Å². The van der Waals surface area contributed by atoms with E-state index in [-0.39, 0.29) is 0 Å². The van der Waals surface area contributed by atoms with Gasteiger partial charge in [-0.05, 0) is 62.7 Å². The van der Waals surface area contributed by atoms with Crippen molar-refractivity contribution in [3.8, 4) is 0 Å². The van der Waals surface area contributed by atoms with Crippen molar-refractivity contribution >= 4 is 22.8 Å². The molecule has 2 aromatic heterocycles. The minimum absolute atomic E-state index is 0.708. The zero-order valence-corrected chi connectivity index (χ0v) is 16.2. The highest BCUT2D eigenvalue weighted by atomic mass is 15.2. The van der Waals surface area contributed by atoms with Gasteiger partial charge in [-0.1, -0.05) is 18.2 Å². The van der Waals surface area contributed by atoms with Gasteiger partial charge in [0, 0.05) is 26.3 Å². The van der Waals surface area contributed by atoms with Gasteiger partial charge in [-0.25, -0.2) is 9.97 Å². The van der Waals surface area contributed by atoms with Gasteiger partial charge in [0.1, 0.15) is 5.82 Å². The summed E-state index contributed by atoms with van der Waals surface area (Å²) in [6, 6.07) is 12.4. The number of hydrogen-bond acceptors (Lipinski definition) is 5. The van der Waals surface area contributed by atoms with E-state index in [4.69, 9.17) is 0 Å². The van der Waals surface area contributed by atoms with Gasteiger partial charge in [0.2, 0.25) is 5.95 Å². The van der Waals surface area contributed by atoms with Gasteiger partial charge < -0.3 is 20.1 Å². The molecule has 0 aliphatic carbocycles. The van der Waals surface area contributed by atoms with E-state index in [2.05, 4.69) is 55.3 Å². The van der Waals surface area contributed by atoms with Crippen molar-refractivity contribution in [1.82, 2.24) is 19.4 Å². The molecule has 3 heterocycles. The number of fused-ring (bicyclic) bond motifs is 1. The SMILES string of the molecule is CN1CCC(CNc2ccc(CNc3nc4ccccc4n3C)cn2)CC1. The number of nitrogens with one attached hydrogen (secondary N) is 2. The maximum Gasteiger partial charge on any atom is 0.203 e. The minimum Gasteiger partial charge on any atom is -0.370 e. The van der Waals surface area contributed by atoms with Gasteiger partial charge in [-0.2, -0.15) is 0 Å². The number of pyridine rings is 1. The van der Waals surface area contributed by atoms with E-state index in [0.29, 0.717) is 6.54 Å². The third-order valence-corrected chi connectivity index (χ3v) is 5.47. The van der Waals surface area contributed by atoms with E-state index >= 15 is 0 Å². The molecule has 0 unspecified atom stereocenters. The molecule has 1 saturated heterocycles. The van der Waals surface area contributed by atoms with Crippen LogP contribution >= 0.6 is 0 Å². The fourth-order valence-corrected chi connectivity index (χ4v) is 3.63. The third kappa shape index (κ3) is 4.22. The molecular weight excluding hydrogens is 336 g/mol. The first-order valence-corrected chi connectivity index (χ1v) is 9.72. The van der Waals surface area contributed by atoms with Crippen LogP contribution in [0.15, 0.2) is 42.6 Å². The number of piperidine rings is 1. The number of benzene rings is 1. The van der Waals surface area contributed by atoms with Crippen LogP contribution < -0.4 is 10.6 Å². The first-order valence-electron chi connectivity index (χ1n) is 9.72. The Labute approximate surface area is 160 Å². The molecule has 1 aromatic carbocycles. The van der Waals surface area contributed by atoms with Crippen LogP contribution in [0.25, 0.3) is 11.0 Å². The largest absolute Gasteiger partial charge is 0.370 e. The fraction of sp³-hybridized carbons (Fsp3) is 0.429. The molecule has 0 spiro atoms. The molecule has 6 heteroatoms. The molecule has 0 bridgehead atoms. The van der Waals surface area contributed by atoms with Crippen molar-refractivity contribution in [2.45, 2.75) is 19.4 Å². The molecule has 142 valence electrons. The Morgan fingerprint density at radius 3 is 2.59 bits per heavy atom. The van der Waals surface area contributed by atoms with Crippen molar-refractivity contribution in [2.24, 2.45) is 13.0 Å². The number of likely N-dealkylation sites (tertiary alicyclic amines) is 1. The summed E-state index contributed by atoms with van der Waals surface area (Å²) in [5.74, 6) is 2.59.